The average molecular weight is 476 g/mol. The summed E-state index contributed by atoms with van der Waals surface area (Å²) in [6, 6.07) is 0. The zero-order chi connectivity index (χ0) is 24.1. The lowest BCUT2D eigenvalue weighted by Crippen LogP contribution is -2.71. The Morgan fingerprint density at radius 1 is 0.594 bits per heavy atom. The van der Waals surface area contributed by atoms with Gasteiger partial charge in [0.15, 0.2) is 5.67 Å². The van der Waals surface area contributed by atoms with Crippen molar-refractivity contribution < 1.29 is 17.9 Å². The minimum absolute atomic E-state index is 0.170. The summed E-state index contributed by atoms with van der Waals surface area (Å²) >= 11 is 0. The Kier molecular flexibility index (Phi) is 20.4. The maximum absolute atomic E-state index is 5.75. The average Bonchev–Trinajstić information content (AvgIpc) is 2.79. The van der Waals surface area contributed by atoms with Crippen LogP contribution in [-0.4, -0.2) is 61.0 Å². The molecular formula is C26H59N2O3Si+. The van der Waals surface area contributed by atoms with E-state index in [2.05, 4.69) is 33.4 Å². The van der Waals surface area contributed by atoms with Crippen molar-refractivity contribution in [3.05, 3.63) is 0 Å². The van der Waals surface area contributed by atoms with E-state index < -0.39 is 8.80 Å². The first-order valence-corrected chi connectivity index (χ1v) is 15.5. The first-order valence-electron chi connectivity index (χ1n) is 13.7. The van der Waals surface area contributed by atoms with Crippen LogP contribution in [0.3, 0.4) is 0 Å². The number of quaternary nitrogens is 1. The lowest BCUT2D eigenvalue weighted by atomic mass is 10.0. The second kappa shape index (κ2) is 20.4. The van der Waals surface area contributed by atoms with Gasteiger partial charge in [-0.1, -0.05) is 110 Å². The third-order valence-corrected chi connectivity index (χ3v) is 10.6. The van der Waals surface area contributed by atoms with Crippen LogP contribution in [0.2, 0.25) is 0 Å². The molecule has 0 aliphatic rings. The van der Waals surface area contributed by atoms with Crippen LogP contribution in [0.5, 0.6) is 0 Å². The van der Waals surface area contributed by atoms with Gasteiger partial charge >= 0.3 is 8.80 Å². The summed E-state index contributed by atoms with van der Waals surface area (Å²) < 4.78 is 17.9. The molecule has 194 valence electrons. The van der Waals surface area contributed by atoms with Gasteiger partial charge in [0.1, 0.15) is 0 Å². The standard InChI is InChI=1S/C26H59N2O3Si/c1-8-10-11-12-13-14-15-16-17-18-19-20-21-22-23-24-25-27-28(3,4)26(9-2)32(29-5,30-6)31-7/h26-27H,8-25H2,1-7H3/q+1. The summed E-state index contributed by atoms with van der Waals surface area (Å²) in [4.78, 5) is 0. The normalized spacial score (nSPS) is 13.6. The van der Waals surface area contributed by atoms with E-state index in [4.69, 9.17) is 13.3 Å². The Labute approximate surface area is 202 Å². The van der Waals surface area contributed by atoms with Gasteiger partial charge in [-0.05, 0) is 6.42 Å². The fourth-order valence-corrected chi connectivity index (χ4v) is 7.61. The molecule has 0 saturated carbocycles. The Balaban J connectivity index is 3.70. The SMILES string of the molecule is CCCCCCCCCCCCCCCCCCN[N+](C)(C)C(CC)[Si](OC)(OC)OC. The van der Waals surface area contributed by atoms with Gasteiger partial charge in [-0.3, -0.25) is 0 Å². The molecule has 0 spiro atoms. The number of rotatable bonds is 24. The molecule has 1 atom stereocenters. The van der Waals surface area contributed by atoms with Gasteiger partial charge in [-0.2, -0.15) is 5.43 Å². The number of hydrogen-bond donors (Lipinski definition) is 1. The fourth-order valence-electron chi connectivity index (χ4n) is 4.91. The van der Waals surface area contributed by atoms with Crippen LogP contribution in [0.15, 0.2) is 0 Å². The topological polar surface area (TPSA) is 39.7 Å². The Morgan fingerprint density at radius 3 is 1.25 bits per heavy atom. The summed E-state index contributed by atoms with van der Waals surface area (Å²) in [5.74, 6) is 0. The van der Waals surface area contributed by atoms with E-state index in [0.717, 1.165) is 13.0 Å². The van der Waals surface area contributed by atoms with E-state index in [-0.39, 0.29) is 5.67 Å². The first kappa shape index (κ1) is 32.0. The van der Waals surface area contributed by atoms with Crippen molar-refractivity contribution in [2.24, 2.45) is 0 Å². The lowest BCUT2D eigenvalue weighted by molar-refractivity contribution is -0.949. The third kappa shape index (κ3) is 13.7. The molecule has 0 heterocycles. The highest BCUT2D eigenvalue weighted by atomic mass is 28.4. The summed E-state index contributed by atoms with van der Waals surface area (Å²) in [6.45, 7) is 5.49. The maximum Gasteiger partial charge on any atom is 0.563 e. The molecule has 1 N–H and O–H groups in total. The predicted octanol–water partition coefficient (Wildman–Crippen LogP) is 7.02. The highest BCUT2D eigenvalue weighted by Crippen LogP contribution is 2.22. The van der Waals surface area contributed by atoms with Crippen molar-refractivity contribution in [2.75, 3.05) is 42.0 Å². The van der Waals surface area contributed by atoms with E-state index >= 15 is 0 Å². The molecule has 0 aromatic carbocycles. The number of hydrogen-bond acceptors (Lipinski definition) is 4. The molecule has 1 unspecified atom stereocenters. The zero-order valence-corrected chi connectivity index (χ0v) is 24.0. The Hall–Kier alpha value is 0.0169. The molecule has 0 aliphatic heterocycles. The fraction of sp³-hybridized carbons (Fsp3) is 1.00. The van der Waals surface area contributed by atoms with E-state index in [1.807, 2.05) is 0 Å². The number of unbranched alkanes of at least 4 members (excludes halogenated alkanes) is 15. The molecule has 32 heavy (non-hydrogen) atoms. The molecule has 6 heteroatoms. The third-order valence-electron chi connectivity index (χ3n) is 6.98. The van der Waals surface area contributed by atoms with E-state index in [9.17, 15) is 0 Å². The summed E-state index contributed by atoms with van der Waals surface area (Å²) in [6.07, 6.45) is 23.4. The molecule has 0 radical (unpaired) electrons. The van der Waals surface area contributed by atoms with Crippen LogP contribution in [-0.2, 0) is 13.3 Å². The Morgan fingerprint density at radius 2 is 0.938 bits per heavy atom. The Bertz CT molecular complexity index is 398. The summed E-state index contributed by atoms with van der Waals surface area (Å²) in [7, 11) is 6.82. The minimum atomic E-state index is -2.68. The van der Waals surface area contributed by atoms with Crippen LogP contribution in [0.1, 0.15) is 123 Å². The maximum atomic E-state index is 5.75. The van der Waals surface area contributed by atoms with Gasteiger partial charge in [0.2, 0.25) is 0 Å². The predicted molar refractivity (Wildman–Crippen MR) is 141 cm³/mol. The van der Waals surface area contributed by atoms with Crippen LogP contribution in [0.4, 0.5) is 0 Å². The second-order valence-corrected chi connectivity index (χ2v) is 13.0. The minimum Gasteiger partial charge on any atom is -0.373 e. The molecule has 0 aromatic rings. The molecule has 0 saturated heterocycles. The van der Waals surface area contributed by atoms with Crippen LogP contribution in [0.25, 0.3) is 0 Å². The molecule has 0 aliphatic carbocycles. The van der Waals surface area contributed by atoms with Gasteiger partial charge < -0.3 is 13.3 Å². The van der Waals surface area contributed by atoms with Gasteiger partial charge in [0, 0.05) is 34.3 Å². The van der Waals surface area contributed by atoms with Crippen LogP contribution < -0.4 is 5.43 Å². The molecule has 5 nitrogen and oxygen atoms in total. The molecule has 0 rings (SSSR count). The van der Waals surface area contributed by atoms with Crippen molar-refractivity contribution in [3.8, 4) is 0 Å². The molecule has 0 amide bonds. The second-order valence-electron chi connectivity index (χ2n) is 9.89. The smallest absolute Gasteiger partial charge is 0.373 e. The van der Waals surface area contributed by atoms with Crippen LogP contribution >= 0.6 is 0 Å². The molecular weight excluding hydrogens is 416 g/mol. The largest absolute Gasteiger partial charge is 0.563 e. The molecule has 0 bridgehead atoms. The van der Waals surface area contributed by atoms with Crippen molar-refractivity contribution in [3.63, 3.8) is 0 Å². The molecule has 0 aromatic heterocycles. The van der Waals surface area contributed by atoms with Crippen LogP contribution in [0, 0.1) is 0 Å². The number of nitrogens with one attached hydrogen (secondary N) is 1. The summed E-state index contributed by atoms with van der Waals surface area (Å²) in [5.41, 5.74) is 3.87. The van der Waals surface area contributed by atoms with E-state index in [0.29, 0.717) is 4.59 Å². The van der Waals surface area contributed by atoms with Gasteiger partial charge in [-0.15, -0.1) is 0 Å². The van der Waals surface area contributed by atoms with Gasteiger partial charge in [-0.25, -0.2) is 4.59 Å². The highest BCUT2D eigenvalue weighted by molar-refractivity contribution is 6.62. The van der Waals surface area contributed by atoms with Gasteiger partial charge in [0.25, 0.3) is 0 Å². The first-order chi connectivity index (χ1) is 15.4. The molecule has 0 fully saturated rings. The van der Waals surface area contributed by atoms with Crippen molar-refractivity contribution in [1.29, 1.82) is 0 Å². The summed E-state index contributed by atoms with van der Waals surface area (Å²) in [5, 5.41) is 0. The quantitative estimate of drug-likeness (QED) is 0.0704. The van der Waals surface area contributed by atoms with Gasteiger partial charge in [0.05, 0.1) is 14.1 Å². The van der Waals surface area contributed by atoms with E-state index in [1.54, 1.807) is 21.3 Å². The van der Waals surface area contributed by atoms with Crippen molar-refractivity contribution >= 4 is 8.80 Å². The monoisotopic (exact) mass is 475 g/mol. The number of nitrogens with zero attached hydrogens (tertiary/aromatic N) is 1. The van der Waals surface area contributed by atoms with Crippen molar-refractivity contribution in [1.82, 2.24) is 5.43 Å². The lowest BCUT2D eigenvalue weighted by Gasteiger charge is -2.42. The van der Waals surface area contributed by atoms with E-state index in [1.165, 1.54) is 103 Å². The zero-order valence-electron chi connectivity index (χ0n) is 23.0. The van der Waals surface area contributed by atoms with Crippen molar-refractivity contribution in [2.45, 2.75) is 129 Å². The highest BCUT2D eigenvalue weighted by Gasteiger charge is 2.56.